The van der Waals surface area contributed by atoms with Crippen LogP contribution in [0.2, 0.25) is 0 Å². The van der Waals surface area contributed by atoms with E-state index in [2.05, 4.69) is 37.8 Å². The van der Waals surface area contributed by atoms with Gasteiger partial charge in [-0.25, -0.2) is 0 Å². The van der Waals surface area contributed by atoms with E-state index >= 15 is 0 Å². The first-order chi connectivity index (χ1) is 12.0. The summed E-state index contributed by atoms with van der Waals surface area (Å²) < 4.78 is 0. The Morgan fingerprint density at radius 1 is 1.28 bits per heavy atom. The fourth-order valence-corrected chi connectivity index (χ4v) is 3.67. The minimum atomic E-state index is 0.128. The van der Waals surface area contributed by atoms with Crippen LogP contribution >= 0.6 is 0 Å². The van der Waals surface area contributed by atoms with Gasteiger partial charge in [-0.2, -0.15) is 5.26 Å². The summed E-state index contributed by atoms with van der Waals surface area (Å²) in [5.41, 5.74) is 3.26. The second-order valence-electron chi connectivity index (χ2n) is 7.65. The third-order valence-corrected chi connectivity index (χ3v) is 5.78. The van der Waals surface area contributed by atoms with Gasteiger partial charge in [0.15, 0.2) is 0 Å². The molecule has 1 amide bonds. The summed E-state index contributed by atoms with van der Waals surface area (Å²) in [7, 11) is 0. The molecule has 2 aliphatic rings. The van der Waals surface area contributed by atoms with E-state index in [-0.39, 0.29) is 5.91 Å². The molecule has 0 aliphatic heterocycles. The zero-order valence-electron chi connectivity index (χ0n) is 15.7. The first kappa shape index (κ1) is 17.9. The second-order valence-corrected chi connectivity index (χ2v) is 7.65. The van der Waals surface area contributed by atoms with Crippen molar-refractivity contribution in [1.29, 1.82) is 5.26 Å². The van der Waals surface area contributed by atoms with Crippen LogP contribution in [0.5, 0.6) is 0 Å². The van der Waals surface area contributed by atoms with Gasteiger partial charge in [-0.1, -0.05) is 12.1 Å². The lowest BCUT2D eigenvalue weighted by atomic mass is 10.1. The van der Waals surface area contributed by atoms with Gasteiger partial charge in [0.1, 0.15) is 0 Å². The molecule has 0 heterocycles. The largest absolute Gasteiger partial charge is 0.310 e. The molecular formula is C21H29N3O. The van der Waals surface area contributed by atoms with Crippen LogP contribution in [-0.4, -0.2) is 36.0 Å². The molecule has 0 aromatic heterocycles. The highest BCUT2D eigenvalue weighted by atomic mass is 16.2. The molecule has 2 saturated carbocycles. The first-order valence-corrected chi connectivity index (χ1v) is 9.52. The van der Waals surface area contributed by atoms with Crippen LogP contribution < -0.4 is 4.90 Å². The van der Waals surface area contributed by atoms with Crippen LogP contribution in [0.1, 0.15) is 50.2 Å². The number of hydrogen-bond donors (Lipinski definition) is 0. The van der Waals surface area contributed by atoms with E-state index in [0.717, 1.165) is 17.2 Å². The summed E-state index contributed by atoms with van der Waals surface area (Å²) in [4.78, 5) is 17.4. The Kier molecular flexibility index (Phi) is 5.44. The molecule has 1 atom stereocenters. The quantitative estimate of drug-likeness (QED) is 0.723. The average molecular weight is 339 g/mol. The number of rotatable bonds is 8. The van der Waals surface area contributed by atoms with Crippen LogP contribution in [-0.2, 0) is 4.79 Å². The Morgan fingerprint density at radius 2 is 2.00 bits per heavy atom. The minimum absolute atomic E-state index is 0.128. The molecule has 1 aromatic carbocycles. The van der Waals surface area contributed by atoms with E-state index < -0.39 is 0 Å². The summed E-state index contributed by atoms with van der Waals surface area (Å²) >= 11 is 0. The normalized spacial score (nSPS) is 18.0. The van der Waals surface area contributed by atoms with E-state index in [1.807, 2.05) is 17.0 Å². The molecular weight excluding hydrogens is 310 g/mol. The lowest BCUT2D eigenvalue weighted by Crippen LogP contribution is -2.46. The van der Waals surface area contributed by atoms with Crippen LogP contribution in [0, 0.1) is 31.1 Å². The Bertz CT molecular complexity index is 670. The van der Waals surface area contributed by atoms with Gasteiger partial charge in [-0.3, -0.25) is 9.69 Å². The highest BCUT2D eigenvalue weighted by Gasteiger charge is 2.40. The number of anilines is 1. The SMILES string of the molecule is Cc1cccc(N(CCC#N)C(=O)CN(C2CC2)C(C)C2CC2)c1C. The predicted molar refractivity (Wildman–Crippen MR) is 100 cm³/mol. The van der Waals surface area contributed by atoms with E-state index in [4.69, 9.17) is 5.26 Å². The Labute approximate surface area is 151 Å². The molecule has 0 N–H and O–H groups in total. The Balaban J connectivity index is 1.78. The molecule has 0 saturated heterocycles. The number of benzene rings is 1. The third-order valence-electron chi connectivity index (χ3n) is 5.78. The molecule has 134 valence electrons. The van der Waals surface area contributed by atoms with Gasteiger partial charge in [0.2, 0.25) is 5.91 Å². The summed E-state index contributed by atoms with van der Waals surface area (Å²) in [5, 5.41) is 9.02. The maximum Gasteiger partial charge on any atom is 0.241 e. The molecule has 2 fully saturated rings. The summed E-state index contributed by atoms with van der Waals surface area (Å²) in [5.74, 6) is 0.894. The summed E-state index contributed by atoms with van der Waals surface area (Å²) in [6.07, 6.45) is 5.39. The maximum atomic E-state index is 13.2. The first-order valence-electron chi connectivity index (χ1n) is 9.52. The number of amides is 1. The highest BCUT2D eigenvalue weighted by molar-refractivity contribution is 5.95. The van der Waals surface area contributed by atoms with Crippen molar-refractivity contribution in [1.82, 2.24) is 4.90 Å². The van der Waals surface area contributed by atoms with E-state index in [9.17, 15) is 4.79 Å². The molecule has 3 rings (SSSR count). The standard InChI is InChI=1S/C21H29N3O/c1-15-6-4-7-20(16(15)2)23(13-5-12-22)21(25)14-24(19-10-11-19)17(3)18-8-9-18/h4,6-7,17-19H,5,8-11,13-14H2,1-3H3. The van der Waals surface area contributed by atoms with Gasteiger partial charge < -0.3 is 4.90 Å². The number of carbonyl (C=O) groups is 1. The molecule has 2 aliphatic carbocycles. The molecule has 4 heteroatoms. The Morgan fingerprint density at radius 3 is 2.60 bits per heavy atom. The number of hydrogen-bond acceptors (Lipinski definition) is 3. The molecule has 0 radical (unpaired) electrons. The van der Waals surface area contributed by atoms with Gasteiger partial charge >= 0.3 is 0 Å². The number of nitrogens with zero attached hydrogens (tertiary/aromatic N) is 3. The Hall–Kier alpha value is -1.86. The molecule has 1 unspecified atom stereocenters. The van der Waals surface area contributed by atoms with Crippen molar-refractivity contribution in [2.24, 2.45) is 5.92 Å². The van der Waals surface area contributed by atoms with Crippen molar-refractivity contribution >= 4 is 11.6 Å². The number of nitriles is 1. The monoisotopic (exact) mass is 339 g/mol. The fourth-order valence-electron chi connectivity index (χ4n) is 3.67. The molecule has 1 aromatic rings. The van der Waals surface area contributed by atoms with E-state index in [1.165, 1.54) is 31.2 Å². The third kappa shape index (κ3) is 4.22. The molecule has 25 heavy (non-hydrogen) atoms. The zero-order valence-corrected chi connectivity index (χ0v) is 15.7. The molecule has 0 bridgehead atoms. The van der Waals surface area contributed by atoms with Crippen molar-refractivity contribution < 1.29 is 4.79 Å². The van der Waals surface area contributed by atoms with Gasteiger partial charge in [0.05, 0.1) is 19.0 Å². The van der Waals surface area contributed by atoms with Crippen molar-refractivity contribution in [2.45, 2.75) is 65.0 Å². The van der Waals surface area contributed by atoms with Gasteiger partial charge in [0, 0.05) is 24.3 Å². The van der Waals surface area contributed by atoms with Gasteiger partial charge in [0.25, 0.3) is 0 Å². The van der Waals surface area contributed by atoms with Gasteiger partial charge in [-0.15, -0.1) is 0 Å². The topological polar surface area (TPSA) is 47.3 Å². The zero-order chi connectivity index (χ0) is 18.0. The van der Waals surface area contributed by atoms with Crippen molar-refractivity contribution in [3.05, 3.63) is 29.3 Å². The lowest BCUT2D eigenvalue weighted by molar-refractivity contribution is -0.120. The lowest BCUT2D eigenvalue weighted by Gasteiger charge is -2.32. The van der Waals surface area contributed by atoms with E-state index in [0.29, 0.717) is 31.6 Å². The number of carbonyl (C=O) groups excluding carboxylic acids is 1. The fraction of sp³-hybridized carbons (Fsp3) is 0.619. The smallest absolute Gasteiger partial charge is 0.241 e. The van der Waals surface area contributed by atoms with Crippen molar-refractivity contribution in [3.63, 3.8) is 0 Å². The predicted octanol–water partition coefficient (Wildman–Crippen LogP) is 3.81. The van der Waals surface area contributed by atoms with Crippen LogP contribution in [0.15, 0.2) is 18.2 Å². The summed E-state index contributed by atoms with van der Waals surface area (Å²) in [6.45, 7) is 7.35. The minimum Gasteiger partial charge on any atom is -0.310 e. The number of aryl methyl sites for hydroxylation is 1. The van der Waals surface area contributed by atoms with E-state index in [1.54, 1.807) is 0 Å². The van der Waals surface area contributed by atoms with Gasteiger partial charge in [-0.05, 0) is 69.6 Å². The van der Waals surface area contributed by atoms with Crippen LogP contribution in [0.4, 0.5) is 5.69 Å². The molecule has 4 nitrogen and oxygen atoms in total. The van der Waals surface area contributed by atoms with Crippen molar-refractivity contribution in [3.8, 4) is 6.07 Å². The van der Waals surface area contributed by atoms with Crippen LogP contribution in [0.25, 0.3) is 0 Å². The maximum absolute atomic E-state index is 13.2. The average Bonchev–Trinajstić information content (AvgIpc) is 3.48. The highest BCUT2D eigenvalue weighted by Crippen LogP contribution is 2.39. The second kappa shape index (κ2) is 7.58. The summed E-state index contributed by atoms with van der Waals surface area (Å²) in [6, 6.07) is 9.33. The van der Waals surface area contributed by atoms with Crippen LogP contribution in [0.3, 0.4) is 0 Å². The molecule has 0 spiro atoms. The van der Waals surface area contributed by atoms with Crippen molar-refractivity contribution in [2.75, 3.05) is 18.0 Å².